The third-order valence-electron chi connectivity index (χ3n) is 7.20. The van der Waals surface area contributed by atoms with Crippen LogP contribution in [0.2, 0.25) is 0 Å². The number of fused-ring (bicyclic) bond motifs is 2. The van der Waals surface area contributed by atoms with Gasteiger partial charge in [-0.1, -0.05) is 24.3 Å². The molecule has 2 aromatic heterocycles. The molecule has 0 spiro atoms. The Morgan fingerprint density at radius 2 is 1.89 bits per heavy atom. The van der Waals surface area contributed by atoms with Crippen LogP contribution in [0.3, 0.4) is 0 Å². The maximum Gasteiger partial charge on any atom is 0.338 e. The summed E-state index contributed by atoms with van der Waals surface area (Å²) >= 11 is 0. The van der Waals surface area contributed by atoms with E-state index in [2.05, 4.69) is 14.9 Å². The van der Waals surface area contributed by atoms with Crippen molar-refractivity contribution in [2.24, 2.45) is 5.73 Å². The topological polar surface area (TPSA) is 128 Å². The van der Waals surface area contributed by atoms with E-state index < -0.39 is 17.8 Å². The molecule has 4 heterocycles. The number of nitrogens with zero attached hydrogens (tertiary/aromatic N) is 1. The summed E-state index contributed by atoms with van der Waals surface area (Å²) in [5, 5.41) is 4.09. The number of carbonyl (C=O) groups excluding carboxylic acids is 3. The fourth-order valence-electron chi connectivity index (χ4n) is 5.35. The Morgan fingerprint density at radius 3 is 2.68 bits per heavy atom. The molecule has 6 rings (SSSR count). The highest BCUT2D eigenvalue weighted by atomic mass is 16.6. The number of carbonyl (C=O) groups is 3. The average Bonchev–Trinajstić information content (AvgIpc) is 3.71. The molecule has 38 heavy (non-hydrogen) atoms. The third kappa shape index (κ3) is 4.19. The van der Waals surface area contributed by atoms with Crippen LogP contribution in [-0.4, -0.2) is 53.2 Å². The number of ether oxygens (including phenoxy) is 2. The SMILES string of the molecule is NCCCn1cc(C2=C(c3c[nH]c4cc(C(=O)OCC5CCCO5)ccc34)C(=O)NC2=O)c2ccccc21. The van der Waals surface area contributed by atoms with Gasteiger partial charge < -0.3 is 24.8 Å². The van der Waals surface area contributed by atoms with Gasteiger partial charge in [-0.25, -0.2) is 4.79 Å². The monoisotopic (exact) mass is 512 g/mol. The van der Waals surface area contributed by atoms with Crippen LogP contribution >= 0.6 is 0 Å². The minimum absolute atomic E-state index is 0.0511. The van der Waals surface area contributed by atoms with Crippen molar-refractivity contribution in [3.05, 3.63) is 71.5 Å². The van der Waals surface area contributed by atoms with Crippen molar-refractivity contribution in [1.82, 2.24) is 14.9 Å². The first-order valence-electron chi connectivity index (χ1n) is 12.8. The van der Waals surface area contributed by atoms with Gasteiger partial charge in [-0.15, -0.1) is 0 Å². The fourth-order valence-corrected chi connectivity index (χ4v) is 5.35. The standard InChI is InChI=1S/C29H28N4O5/c30-10-4-11-33-15-22(20-6-1-2-7-24(20)33)26-25(27(34)32-28(26)35)21-14-31-23-13-17(8-9-19(21)23)29(36)38-16-18-5-3-12-37-18/h1-2,6-9,13-15,18,31H,3-5,10-12,16,30H2,(H,32,34,35). The van der Waals surface area contributed by atoms with Crippen LogP contribution in [0, 0.1) is 0 Å². The molecule has 1 unspecified atom stereocenters. The lowest BCUT2D eigenvalue weighted by molar-refractivity contribution is -0.122. The summed E-state index contributed by atoms with van der Waals surface area (Å²) in [6, 6.07) is 13.0. The summed E-state index contributed by atoms with van der Waals surface area (Å²) < 4.78 is 13.0. The lowest BCUT2D eigenvalue weighted by Gasteiger charge is -2.10. The van der Waals surface area contributed by atoms with Crippen LogP contribution in [0.1, 0.15) is 40.7 Å². The highest BCUT2D eigenvalue weighted by molar-refractivity contribution is 6.50. The van der Waals surface area contributed by atoms with E-state index in [0.29, 0.717) is 53.0 Å². The van der Waals surface area contributed by atoms with E-state index in [-0.39, 0.29) is 12.7 Å². The molecule has 4 N–H and O–H groups in total. The summed E-state index contributed by atoms with van der Waals surface area (Å²) in [7, 11) is 0. The number of hydrogen-bond donors (Lipinski definition) is 3. The Bertz CT molecular complexity index is 1610. The second kappa shape index (κ2) is 9.92. The number of nitrogens with one attached hydrogen (secondary N) is 2. The molecule has 0 saturated carbocycles. The number of para-hydroxylation sites is 1. The zero-order valence-electron chi connectivity index (χ0n) is 20.8. The normalized spacial score (nSPS) is 17.7. The van der Waals surface area contributed by atoms with E-state index in [4.69, 9.17) is 15.2 Å². The first-order valence-corrected chi connectivity index (χ1v) is 12.8. The molecular weight excluding hydrogens is 484 g/mol. The second-order valence-electron chi connectivity index (χ2n) is 9.62. The van der Waals surface area contributed by atoms with Crippen molar-refractivity contribution in [2.75, 3.05) is 19.8 Å². The molecule has 2 aliphatic rings. The Morgan fingerprint density at radius 1 is 1.08 bits per heavy atom. The molecule has 9 heteroatoms. The Labute approximate surface area is 218 Å². The van der Waals surface area contributed by atoms with Gasteiger partial charge in [0, 0.05) is 58.5 Å². The molecule has 1 saturated heterocycles. The van der Waals surface area contributed by atoms with E-state index >= 15 is 0 Å². The predicted octanol–water partition coefficient (Wildman–Crippen LogP) is 3.37. The van der Waals surface area contributed by atoms with Gasteiger partial charge >= 0.3 is 5.97 Å². The van der Waals surface area contributed by atoms with Crippen LogP contribution in [0.4, 0.5) is 0 Å². The van der Waals surface area contributed by atoms with Crippen LogP contribution < -0.4 is 11.1 Å². The number of esters is 1. The predicted molar refractivity (Wildman–Crippen MR) is 143 cm³/mol. The second-order valence-corrected chi connectivity index (χ2v) is 9.62. The number of amides is 2. The number of aromatic amines is 1. The van der Waals surface area contributed by atoms with Crippen molar-refractivity contribution in [2.45, 2.75) is 31.9 Å². The van der Waals surface area contributed by atoms with E-state index in [9.17, 15) is 14.4 Å². The number of benzene rings is 2. The van der Waals surface area contributed by atoms with E-state index in [1.807, 2.05) is 30.5 Å². The highest BCUT2D eigenvalue weighted by Gasteiger charge is 2.35. The van der Waals surface area contributed by atoms with Gasteiger partial charge in [0.05, 0.1) is 22.8 Å². The molecule has 2 aliphatic heterocycles. The number of nitrogens with two attached hydrogens (primary N) is 1. The first kappa shape index (κ1) is 24.1. The van der Waals surface area contributed by atoms with Gasteiger partial charge in [0.2, 0.25) is 0 Å². The van der Waals surface area contributed by atoms with Gasteiger partial charge in [0.1, 0.15) is 6.61 Å². The third-order valence-corrected chi connectivity index (χ3v) is 7.20. The first-order chi connectivity index (χ1) is 18.5. The van der Waals surface area contributed by atoms with Crippen LogP contribution in [0.25, 0.3) is 33.0 Å². The number of aromatic nitrogens is 2. The molecule has 194 valence electrons. The molecule has 1 atom stereocenters. The molecule has 0 bridgehead atoms. The Balaban J connectivity index is 1.39. The molecule has 9 nitrogen and oxygen atoms in total. The fraction of sp³-hybridized carbons (Fsp3) is 0.276. The van der Waals surface area contributed by atoms with Crippen molar-refractivity contribution in [3.63, 3.8) is 0 Å². The Kier molecular flexibility index (Phi) is 6.30. The molecular formula is C29H28N4O5. The summed E-state index contributed by atoms with van der Waals surface area (Å²) in [4.78, 5) is 42.0. The van der Waals surface area contributed by atoms with Crippen molar-refractivity contribution < 1.29 is 23.9 Å². The number of rotatable bonds is 8. The minimum atomic E-state index is -0.454. The average molecular weight is 513 g/mol. The highest BCUT2D eigenvalue weighted by Crippen LogP contribution is 2.38. The number of H-pyrrole nitrogens is 1. The Hall–Kier alpha value is -4.21. The largest absolute Gasteiger partial charge is 0.459 e. The lowest BCUT2D eigenvalue weighted by Crippen LogP contribution is -2.22. The maximum atomic E-state index is 13.1. The van der Waals surface area contributed by atoms with Crippen molar-refractivity contribution in [3.8, 4) is 0 Å². The summed E-state index contributed by atoms with van der Waals surface area (Å²) in [6.07, 6.45) is 6.22. The van der Waals surface area contributed by atoms with Gasteiger partial charge in [0.25, 0.3) is 11.8 Å². The molecule has 0 radical (unpaired) electrons. The zero-order chi connectivity index (χ0) is 26.2. The molecule has 2 amide bonds. The van der Waals surface area contributed by atoms with Crippen molar-refractivity contribution >= 4 is 50.7 Å². The number of hydrogen-bond acceptors (Lipinski definition) is 6. The smallest absolute Gasteiger partial charge is 0.338 e. The molecule has 2 aromatic carbocycles. The molecule has 0 aliphatic carbocycles. The van der Waals surface area contributed by atoms with Gasteiger partial charge in [-0.05, 0) is 44.0 Å². The molecule has 1 fully saturated rings. The summed E-state index contributed by atoms with van der Waals surface area (Å²) in [5.74, 6) is -1.32. The van der Waals surface area contributed by atoms with Crippen LogP contribution in [0.15, 0.2) is 54.9 Å². The maximum absolute atomic E-state index is 13.1. The zero-order valence-corrected chi connectivity index (χ0v) is 20.8. The van der Waals surface area contributed by atoms with Crippen LogP contribution in [-0.2, 0) is 25.6 Å². The van der Waals surface area contributed by atoms with Gasteiger partial charge in [-0.3, -0.25) is 14.9 Å². The number of imide groups is 1. The minimum Gasteiger partial charge on any atom is -0.459 e. The summed E-state index contributed by atoms with van der Waals surface area (Å²) in [6.45, 7) is 2.17. The van der Waals surface area contributed by atoms with Gasteiger partial charge in [0.15, 0.2) is 0 Å². The lowest BCUT2D eigenvalue weighted by atomic mass is 9.95. The van der Waals surface area contributed by atoms with E-state index in [1.54, 1.807) is 24.4 Å². The summed E-state index contributed by atoms with van der Waals surface area (Å²) in [5.41, 5.74) is 9.69. The number of aryl methyl sites for hydroxylation is 1. The van der Waals surface area contributed by atoms with Crippen LogP contribution in [0.5, 0.6) is 0 Å². The quantitative estimate of drug-likeness (QED) is 0.245. The molecule has 4 aromatic rings. The van der Waals surface area contributed by atoms with E-state index in [1.165, 1.54) is 0 Å². The van der Waals surface area contributed by atoms with Gasteiger partial charge in [-0.2, -0.15) is 0 Å². The van der Waals surface area contributed by atoms with E-state index in [0.717, 1.165) is 35.6 Å². The van der Waals surface area contributed by atoms with Crippen molar-refractivity contribution in [1.29, 1.82) is 0 Å².